The Morgan fingerprint density at radius 1 is 1.50 bits per heavy atom. The Morgan fingerprint density at radius 2 is 2.17 bits per heavy atom. The van der Waals surface area contributed by atoms with Crippen LogP contribution in [0, 0.1) is 3.57 Å². The number of hydrogen-bond acceptors (Lipinski definition) is 2. The Hall–Kier alpha value is -0.290. The normalized spacial score (nSPS) is 12.6. The molecule has 0 aromatic heterocycles. The van der Waals surface area contributed by atoms with Crippen molar-refractivity contribution >= 4 is 28.3 Å². The lowest BCUT2D eigenvalue weighted by Crippen LogP contribution is -2.15. The van der Waals surface area contributed by atoms with Crippen molar-refractivity contribution in [1.29, 1.82) is 0 Å². The van der Waals surface area contributed by atoms with Gasteiger partial charge >= 0.3 is 0 Å². The SMILES string of the molecule is CC(O)CNc1ccccc1I. The van der Waals surface area contributed by atoms with E-state index in [4.69, 9.17) is 5.11 Å². The molecule has 0 heterocycles. The van der Waals surface area contributed by atoms with Crippen LogP contribution in [-0.2, 0) is 0 Å². The van der Waals surface area contributed by atoms with Crippen LogP contribution >= 0.6 is 22.6 Å². The molecule has 1 aromatic carbocycles. The van der Waals surface area contributed by atoms with E-state index in [1.54, 1.807) is 6.92 Å². The summed E-state index contributed by atoms with van der Waals surface area (Å²) in [6.45, 7) is 2.36. The van der Waals surface area contributed by atoms with Gasteiger partial charge in [0.05, 0.1) is 6.10 Å². The zero-order chi connectivity index (χ0) is 8.97. The van der Waals surface area contributed by atoms with Crippen LogP contribution in [0.4, 0.5) is 5.69 Å². The fourth-order valence-corrected chi connectivity index (χ4v) is 1.44. The van der Waals surface area contributed by atoms with E-state index in [-0.39, 0.29) is 6.10 Å². The number of aliphatic hydroxyl groups is 1. The minimum Gasteiger partial charge on any atom is -0.392 e. The lowest BCUT2D eigenvalue weighted by molar-refractivity contribution is 0.208. The summed E-state index contributed by atoms with van der Waals surface area (Å²) in [5.74, 6) is 0. The minimum atomic E-state index is -0.305. The molecule has 0 aliphatic rings. The van der Waals surface area contributed by atoms with Crippen molar-refractivity contribution in [1.82, 2.24) is 0 Å². The quantitative estimate of drug-likeness (QED) is 0.829. The molecule has 1 rings (SSSR count). The third kappa shape index (κ3) is 2.98. The third-order valence-corrected chi connectivity index (χ3v) is 2.40. The summed E-state index contributed by atoms with van der Waals surface area (Å²) < 4.78 is 1.18. The topological polar surface area (TPSA) is 32.3 Å². The number of benzene rings is 1. The summed E-state index contributed by atoms with van der Waals surface area (Å²) in [5.41, 5.74) is 1.08. The molecular weight excluding hydrogens is 265 g/mol. The second-order valence-corrected chi connectivity index (χ2v) is 3.87. The third-order valence-electron chi connectivity index (χ3n) is 1.46. The molecule has 0 bridgehead atoms. The molecular formula is C9H12INO. The molecule has 0 saturated heterocycles. The zero-order valence-electron chi connectivity index (χ0n) is 6.92. The summed E-state index contributed by atoms with van der Waals surface area (Å²) in [6, 6.07) is 8.01. The first-order valence-corrected chi connectivity index (χ1v) is 4.94. The number of anilines is 1. The Bertz CT molecular complexity index is 250. The van der Waals surface area contributed by atoms with E-state index in [1.807, 2.05) is 24.3 Å². The van der Waals surface area contributed by atoms with E-state index in [2.05, 4.69) is 27.9 Å². The predicted molar refractivity (Wildman–Crippen MR) is 59.3 cm³/mol. The van der Waals surface area contributed by atoms with Crippen molar-refractivity contribution in [2.45, 2.75) is 13.0 Å². The van der Waals surface area contributed by atoms with Crippen LogP contribution in [0.1, 0.15) is 6.92 Å². The minimum absolute atomic E-state index is 0.305. The lowest BCUT2D eigenvalue weighted by atomic mass is 10.3. The standard InChI is InChI=1S/C9H12INO/c1-7(12)6-11-9-5-3-2-4-8(9)10/h2-5,7,11-12H,6H2,1H3. The van der Waals surface area contributed by atoms with E-state index in [1.165, 1.54) is 3.57 Å². The van der Waals surface area contributed by atoms with Gasteiger partial charge < -0.3 is 10.4 Å². The first-order chi connectivity index (χ1) is 5.70. The summed E-state index contributed by atoms with van der Waals surface area (Å²) in [5, 5.41) is 12.2. The molecule has 66 valence electrons. The van der Waals surface area contributed by atoms with Crippen LogP contribution in [-0.4, -0.2) is 17.8 Å². The van der Waals surface area contributed by atoms with Gasteiger partial charge in [0.15, 0.2) is 0 Å². The van der Waals surface area contributed by atoms with Crippen molar-refractivity contribution in [2.75, 3.05) is 11.9 Å². The average molecular weight is 277 g/mol. The summed E-state index contributed by atoms with van der Waals surface area (Å²) >= 11 is 2.26. The number of nitrogens with one attached hydrogen (secondary N) is 1. The predicted octanol–water partition coefficient (Wildman–Crippen LogP) is 2.08. The molecule has 1 aromatic rings. The highest BCUT2D eigenvalue weighted by Crippen LogP contribution is 2.16. The van der Waals surface area contributed by atoms with Gasteiger partial charge in [-0.15, -0.1) is 0 Å². The Labute approximate surface area is 86.1 Å². The lowest BCUT2D eigenvalue weighted by Gasteiger charge is -2.09. The van der Waals surface area contributed by atoms with Crippen molar-refractivity contribution in [2.24, 2.45) is 0 Å². The number of aliphatic hydroxyl groups excluding tert-OH is 1. The second-order valence-electron chi connectivity index (χ2n) is 2.71. The van der Waals surface area contributed by atoms with Crippen LogP contribution < -0.4 is 5.32 Å². The summed E-state index contributed by atoms with van der Waals surface area (Å²) in [7, 11) is 0. The van der Waals surface area contributed by atoms with Gasteiger partial charge in [0.1, 0.15) is 0 Å². The highest BCUT2D eigenvalue weighted by molar-refractivity contribution is 14.1. The zero-order valence-corrected chi connectivity index (χ0v) is 9.08. The van der Waals surface area contributed by atoms with Crippen molar-refractivity contribution in [3.8, 4) is 0 Å². The number of halogens is 1. The Balaban J connectivity index is 2.57. The number of rotatable bonds is 3. The van der Waals surface area contributed by atoms with Gasteiger partial charge in [0.25, 0.3) is 0 Å². The highest BCUT2D eigenvalue weighted by Gasteiger charge is 1.98. The average Bonchev–Trinajstić information content (AvgIpc) is 2.03. The van der Waals surface area contributed by atoms with Gasteiger partial charge in [-0.3, -0.25) is 0 Å². The molecule has 0 saturated carbocycles. The molecule has 0 amide bonds. The maximum atomic E-state index is 9.04. The van der Waals surface area contributed by atoms with Crippen molar-refractivity contribution in [3.63, 3.8) is 0 Å². The maximum absolute atomic E-state index is 9.04. The molecule has 3 heteroatoms. The van der Waals surface area contributed by atoms with Crippen molar-refractivity contribution < 1.29 is 5.11 Å². The van der Waals surface area contributed by atoms with Crippen LogP contribution in [0.3, 0.4) is 0 Å². The van der Waals surface area contributed by atoms with Gasteiger partial charge in [-0.2, -0.15) is 0 Å². The largest absolute Gasteiger partial charge is 0.392 e. The second kappa shape index (κ2) is 4.67. The maximum Gasteiger partial charge on any atom is 0.0684 e. The Kier molecular flexibility index (Phi) is 3.81. The molecule has 1 atom stereocenters. The summed E-state index contributed by atoms with van der Waals surface area (Å²) in [6.07, 6.45) is -0.305. The van der Waals surface area contributed by atoms with E-state index in [0.717, 1.165) is 5.69 Å². The molecule has 0 radical (unpaired) electrons. The van der Waals surface area contributed by atoms with Crippen LogP contribution in [0.15, 0.2) is 24.3 Å². The molecule has 0 fully saturated rings. The van der Waals surface area contributed by atoms with Gasteiger partial charge in [-0.25, -0.2) is 0 Å². The van der Waals surface area contributed by atoms with E-state index in [0.29, 0.717) is 6.54 Å². The molecule has 0 spiro atoms. The number of para-hydroxylation sites is 1. The molecule has 12 heavy (non-hydrogen) atoms. The van der Waals surface area contributed by atoms with Gasteiger partial charge in [0.2, 0.25) is 0 Å². The number of hydrogen-bond donors (Lipinski definition) is 2. The Morgan fingerprint density at radius 3 is 2.75 bits per heavy atom. The molecule has 1 unspecified atom stereocenters. The van der Waals surface area contributed by atoms with Crippen LogP contribution in [0.5, 0.6) is 0 Å². The first-order valence-electron chi connectivity index (χ1n) is 3.86. The van der Waals surface area contributed by atoms with Gasteiger partial charge in [-0.1, -0.05) is 12.1 Å². The molecule has 2 nitrogen and oxygen atoms in total. The van der Waals surface area contributed by atoms with Crippen LogP contribution in [0.2, 0.25) is 0 Å². The summed E-state index contributed by atoms with van der Waals surface area (Å²) in [4.78, 5) is 0. The van der Waals surface area contributed by atoms with Crippen LogP contribution in [0.25, 0.3) is 0 Å². The molecule has 2 N–H and O–H groups in total. The van der Waals surface area contributed by atoms with Gasteiger partial charge in [0, 0.05) is 15.8 Å². The smallest absolute Gasteiger partial charge is 0.0684 e. The molecule has 0 aliphatic heterocycles. The fraction of sp³-hybridized carbons (Fsp3) is 0.333. The van der Waals surface area contributed by atoms with Gasteiger partial charge in [-0.05, 0) is 41.6 Å². The van der Waals surface area contributed by atoms with E-state index < -0.39 is 0 Å². The van der Waals surface area contributed by atoms with E-state index >= 15 is 0 Å². The van der Waals surface area contributed by atoms with E-state index in [9.17, 15) is 0 Å². The first kappa shape index (κ1) is 9.80. The van der Waals surface area contributed by atoms with Crippen molar-refractivity contribution in [3.05, 3.63) is 27.8 Å². The fourth-order valence-electron chi connectivity index (χ4n) is 0.862. The highest BCUT2D eigenvalue weighted by atomic mass is 127. The monoisotopic (exact) mass is 277 g/mol. The molecule has 0 aliphatic carbocycles.